The van der Waals surface area contributed by atoms with Gasteiger partial charge in [-0.2, -0.15) is 0 Å². The molecule has 2 N–H and O–H groups in total. The molecule has 2 aliphatic heterocycles. The lowest BCUT2D eigenvalue weighted by atomic mass is 9.95. The van der Waals surface area contributed by atoms with E-state index in [1.807, 2.05) is 24.4 Å². The first-order valence-corrected chi connectivity index (χ1v) is 13.5. The molecule has 32 heavy (non-hydrogen) atoms. The quantitative estimate of drug-likeness (QED) is 0.644. The van der Waals surface area contributed by atoms with Crippen molar-refractivity contribution in [2.75, 3.05) is 25.0 Å². The number of amides is 1. The van der Waals surface area contributed by atoms with E-state index >= 15 is 0 Å². The molecule has 1 aromatic rings. The van der Waals surface area contributed by atoms with Crippen molar-refractivity contribution in [1.29, 1.82) is 0 Å². The Labute approximate surface area is 192 Å². The van der Waals surface area contributed by atoms with Crippen molar-refractivity contribution in [3.63, 3.8) is 0 Å². The third-order valence-electron chi connectivity index (χ3n) is 7.15. The SMILES string of the molecule is C=S(=O)(C1=CC=C(CNC(=O)C2Cc3cnccc3N2)CC1C)C1CCN(C(C)C)CC1. The minimum atomic E-state index is -2.30. The molecule has 1 saturated heterocycles. The van der Waals surface area contributed by atoms with Crippen LogP contribution in [-0.2, 0) is 20.7 Å². The molecule has 0 aromatic carbocycles. The summed E-state index contributed by atoms with van der Waals surface area (Å²) in [6.07, 6.45) is 11.0. The van der Waals surface area contributed by atoms with E-state index in [1.165, 1.54) is 0 Å². The number of pyridine rings is 1. The maximum atomic E-state index is 13.7. The smallest absolute Gasteiger partial charge is 0.243 e. The Kier molecular flexibility index (Phi) is 6.77. The van der Waals surface area contributed by atoms with Gasteiger partial charge in [0.1, 0.15) is 6.04 Å². The molecule has 1 fully saturated rings. The van der Waals surface area contributed by atoms with Gasteiger partial charge in [0.05, 0.1) is 0 Å². The van der Waals surface area contributed by atoms with Gasteiger partial charge in [-0.25, -0.2) is 0 Å². The molecule has 7 heteroatoms. The van der Waals surface area contributed by atoms with Crippen molar-refractivity contribution in [2.45, 2.75) is 63.8 Å². The van der Waals surface area contributed by atoms with Crippen LogP contribution in [0.2, 0.25) is 0 Å². The molecule has 0 spiro atoms. The molecule has 6 nitrogen and oxygen atoms in total. The van der Waals surface area contributed by atoms with Crippen molar-refractivity contribution in [1.82, 2.24) is 15.2 Å². The van der Waals surface area contributed by atoms with Gasteiger partial charge >= 0.3 is 0 Å². The van der Waals surface area contributed by atoms with E-state index in [-0.39, 0.29) is 23.1 Å². The summed E-state index contributed by atoms with van der Waals surface area (Å²) in [5, 5.41) is 6.50. The van der Waals surface area contributed by atoms with E-state index < -0.39 is 9.52 Å². The Morgan fingerprint density at radius 1 is 1.31 bits per heavy atom. The largest absolute Gasteiger partial charge is 0.373 e. The van der Waals surface area contributed by atoms with Gasteiger partial charge in [0.15, 0.2) is 0 Å². The van der Waals surface area contributed by atoms with Gasteiger partial charge in [-0.1, -0.05) is 24.6 Å². The molecule has 4 rings (SSSR count). The van der Waals surface area contributed by atoms with Crippen molar-refractivity contribution < 1.29 is 9.00 Å². The van der Waals surface area contributed by atoms with E-state index in [0.717, 1.165) is 54.1 Å². The van der Waals surface area contributed by atoms with Gasteiger partial charge in [0, 0.05) is 47.2 Å². The number of aromatic nitrogens is 1. The first-order chi connectivity index (χ1) is 15.3. The summed E-state index contributed by atoms with van der Waals surface area (Å²) >= 11 is 0. The normalized spacial score (nSPS) is 26.0. The van der Waals surface area contributed by atoms with Crippen LogP contribution < -0.4 is 10.6 Å². The van der Waals surface area contributed by atoms with Crippen LogP contribution in [0.3, 0.4) is 0 Å². The zero-order valence-electron chi connectivity index (χ0n) is 19.5. The highest BCUT2D eigenvalue weighted by Gasteiger charge is 2.32. The van der Waals surface area contributed by atoms with Crippen molar-refractivity contribution in [2.24, 2.45) is 5.92 Å². The average molecular weight is 457 g/mol. The summed E-state index contributed by atoms with van der Waals surface area (Å²) in [5.41, 5.74) is 3.23. The zero-order chi connectivity index (χ0) is 22.9. The Hall–Kier alpha value is -2.12. The maximum absolute atomic E-state index is 13.7. The summed E-state index contributed by atoms with van der Waals surface area (Å²) < 4.78 is 13.7. The van der Waals surface area contributed by atoms with Gasteiger partial charge in [0.2, 0.25) is 5.91 Å². The third kappa shape index (κ3) is 4.79. The lowest BCUT2D eigenvalue weighted by Gasteiger charge is -2.37. The Morgan fingerprint density at radius 3 is 2.72 bits per heavy atom. The number of nitrogens with zero attached hydrogens (tertiary/aromatic N) is 2. The van der Waals surface area contributed by atoms with Crippen molar-refractivity contribution in [3.05, 3.63) is 46.7 Å². The van der Waals surface area contributed by atoms with Crippen LogP contribution in [0.4, 0.5) is 5.69 Å². The summed E-state index contributed by atoms with van der Waals surface area (Å²) in [7, 11) is -2.30. The second kappa shape index (κ2) is 9.40. The number of anilines is 1. The number of carbonyl (C=O) groups excluding carboxylic acids is 1. The number of likely N-dealkylation sites (tertiary alicyclic amines) is 1. The third-order valence-corrected chi connectivity index (χ3v) is 10.0. The predicted octanol–water partition coefficient (Wildman–Crippen LogP) is 2.97. The number of hydrogen-bond acceptors (Lipinski definition) is 5. The summed E-state index contributed by atoms with van der Waals surface area (Å²) in [6.45, 7) is 9.09. The predicted molar refractivity (Wildman–Crippen MR) is 133 cm³/mol. The van der Waals surface area contributed by atoms with Gasteiger partial charge in [-0.05, 0) is 79.1 Å². The molecule has 3 unspecified atom stereocenters. The number of hydrogen-bond donors (Lipinski definition) is 2. The standard InChI is InChI=1S/C25H36N4O2S/c1-17(2)29-11-8-21(9-12-29)32(4,31)24-6-5-19(13-18(24)3)15-27-25(30)23-14-20-16-26-10-7-22(20)28-23/h5-7,10,16-18,21,23,28H,4,8-9,11-15H2,1-3H3,(H,27,30). The minimum absolute atomic E-state index is 0.00222. The van der Waals surface area contributed by atoms with Crippen LogP contribution in [-0.4, -0.2) is 62.8 Å². The summed E-state index contributed by atoms with van der Waals surface area (Å²) in [5.74, 6) is 4.42. The molecule has 1 aromatic heterocycles. The second-order valence-electron chi connectivity index (χ2n) is 9.71. The molecule has 174 valence electrons. The molecule has 0 bridgehead atoms. The van der Waals surface area contributed by atoms with E-state index in [1.54, 1.807) is 6.20 Å². The molecule has 3 aliphatic rings. The fraction of sp³-hybridized carbons (Fsp3) is 0.560. The molecule has 1 amide bonds. The zero-order valence-corrected chi connectivity index (χ0v) is 20.3. The molecule has 3 heterocycles. The van der Waals surface area contributed by atoms with Gasteiger partial charge in [0.25, 0.3) is 0 Å². The van der Waals surface area contributed by atoms with E-state index in [9.17, 15) is 9.00 Å². The van der Waals surface area contributed by atoms with Gasteiger partial charge in [-0.3, -0.25) is 14.0 Å². The highest BCUT2D eigenvalue weighted by molar-refractivity contribution is 8.04. The van der Waals surface area contributed by atoms with Crippen molar-refractivity contribution >= 4 is 27.0 Å². The van der Waals surface area contributed by atoms with Crippen LogP contribution in [0.1, 0.15) is 45.6 Å². The topological polar surface area (TPSA) is 74.3 Å². The lowest BCUT2D eigenvalue weighted by Crippen LogP contribution is -2.43. The van der Waals surface area contributed by atoms with Gasteiger partial charge in [-0.15, -0.1) is 0 Å². The van der Waals surface area contributed by atoms with Crippen LogP contribution in [0, 0.1) is 5.92 Å². The Morgan fingerprint density at radius 2 is 2.06 bits per heavy atom. The Bertz CT molecular complexity index is 995. The second-order valence-corrected chi connectivity index (χ2v) is 12.3. The molecule has 1 aliphatic carbocycles. The Balaban J connectivity index is 1.34. The number of rotatable bonds is 6. The molecular weight excluding hydrogens is 420 g/mol. The number of allylic oxidation sites excluding steroid dienone is 3. The first-order valence-electron chi connectivity index (χ1n) is 11.7. The maximum Gasteiger partial charge on any atom is 0.243 e. The van der Waals surface area contributed by atoms with Crippen LogP contribution >= 0.6 is 0 Å². The average Bonchev–Trinajstić information content (AvgIpc) is 3.22. The van der Waals surface area contributed by atoms with Crippen LogP contribution in [0.15, 0.2) is 41.1 Å². The molecular formula is C25H36N4O2S. The lowest BCUT2D eigenvalue weighted by molar-refractivity contribution is -0.121. The number of piperidine rings is 1. The fourth-order valence-electron chi connectivity index (χ4n) is 5.15. The number of fused-ring (bicyclic) bond motifs is 1. The summed E-state index contributed by atoms with van der Waals surface area (Å²) in [6, 6.07) is 2.19. The highest BCUT2D eigenvalue weighted by Crippen LogP contribution is 2.34. The van der Waals surface area contributed by atoms with E-state index in [4.69, 9.17) is 0 Å². The fourth-order valence-corrected chi connectivity index (χ4v) is 7.57. The number of nitrogens with one attached hydrogen (secondary N) is 2. The molecule has 3 atom stereocenters. The van der Waals surface area contributed by atoms with Crippen molar-refractivity contribution in [3.8, 4) is 0 Å². The number of carbonyl (C=O) groups is 1. The minimum Gasteiger partial charge on any atom is -0.373 e. The monoisotopic (exact) mass is 456 g/mol. The van der Waals surface area contributed by atoms with Crippen LogP contribution in [0.5, 0.6) is 0 Å². The van der Waals surface area contributed by atoms with E-state index in [0.29, 0.717) is 19.0 Å². The molecule has 0 saturated carbocycles. The highest BCUT2D eigenvalue weighted by atomic mass is 32.2. The molecule has 0 radical (unpaired) electrons. The van der Waals surface area contributed by atoms with Crippen LogP contribution in [0.25, 0.3) is 0 Å². The summed E-state index contributed by atoms with van der Waals surface area (Å²) in [4.78, 5) is 20.2. The first kappa shape index (κ1) is 23.1. The van der Waals surface area contributed by atoms with Gasteiger partial charge < -0.3 is 15.5 Å². The van der Waals surface area contributed by atoms with E-state index in [2.05, 4.69) is 47.2 Å².